The van der Waals surface area contributed by atoms with Crippen LogP contribution in [-0.2, 0) is 4.79 Å². The van der Waals surface area contributed by atoms with Gasteiger partial charge in [-0.3, -0.25) is 4.79 Å². The second kappa shape index (κ2) is 4.29. The maximum absolute atomic E-state index is 11.4. The third-order valence-corrected chi connectivity index (χ3v) is 4.25. The van der Waals surface area contributed by atoms with Gasteiger partial charge in [0.25, 0.3) is 0 Å². The Morgan fingerprint density at radius 1 is 1.65 bits per heavy atom. The SMILES string of the molecule is Cc1cc(N2CCC(C)(C(N)=O)C2)ncc1Br. The van der Waals surface area contributed by atoms with E-state index in [1.807, 2.05) is 19.9 Å². The van der Waals surface area contributed by atoms with E-state index in [-0.39, 0.29) is 5.91 Å². The number of carbonyl (C=O) groups is 1. The minimum atomic E-state index is -0.428. The first-order chi connectivity index (χ1) is 7.92. The molecule has 1 amide bonds. The number of nitrogens with two attached hydrogens (primary N) is 1. The monoisotopic (exact) mass is 297 g/mol. The van der Waals surface area contributed by atoms with Crippen molar-refractivity contribution in [1.82, 2.24) is 4.98 Å². The molecule has 0 spiro atoms. The number of halogens is 1. The number of primary amides is 1. The summed E-state index contributed by atoms with van der Waals surface area (Å²) >= 11 is 3.43. The van der Waals surface area contributed by atoms with Gasteiger partial charge in [-0.05, 0) is 47.8 Å². The number of hydrogen-bond donors (Lipinski definition) is 1. The number of amides is 1. The molecule has 0 radical (unpaired) electrons. The highest BCUT2D eigenvalue weighted by molar-refractivity contribution is 9.10. The van der Waals surface area contributed by atoms with E-state index in [9.17, 15) is 4.79 Å². The summed E-state index contributed by atoms with van der Waals surface area (Å²) in [5.41, 5.74) is 6.15. The second-order valence-corrected chi connectivity index (χ2v) is 5.74. The van der Waals surface area contributed by atoms with Crippen LogP contribution >= 0.6 is 15.9 Å². The third kappa shape index (κ3) is 2.29. The normalized spacial score (nSPS) is 24.1. The van der Waals surface area contributed by atoms with Crippen LogP contribution in [0.15, 0.2) is 16.7 Å². The lowest BCUT2D eigenvalue weighted by Gasteiger charge is -2.22. The van der Waals surface area contributed by atoms with Gasteiger partial charge in [0.05, 0.1) is 5.41 Å². The van der Waals surface area contributed by atoms with Crippen LogP contribution in [0.1, 0.15) is 18.9 Å². The summed E-state index contributed by atoms with van der Waals surface area (Å²) in [5.74, 6) is 0.685. The number of hydrogen-bond acceptors (Lipinski definition) is 3. The van der Waals surface area contributed by atoms with E-state index in [1.165, 1.54) is 0 Å². The number of rotatable bonds is 2. The van der Waals surface area contributed by atoms with Crippen molar-refractivity contribution in [3.8, 4) is 0 Å². The molecule has 1 aromatic rings. The van der Waals surface area contributed by atoms with Gasteiger partial charge in [-0.2, -0.15) is 0 Å². The Labute approximate surface area is 109 Å². The Morgan fingerprint density at radius 3 is 2.88 bits per heavy atom. The molecule has 0 aromatic carbocycles. The van der Waals surface area contributed by atoms with Gasteiger partial charge in [0.15, 0.2) is 0 Å². The molecule has 5 heteroatoms. The highest BCUT2D eigenvalue weighted by Crippen LogP contribution is 2.32. The molecule has 1 aliphatic rings. The van der Waals surface area contributed by atoms with E-state index >= 15 is 0 Å². The minimum Gasteiger partial charge on any atom is -0.369 e. The molecular weight excluding hydrogens is 282 g/mol. The molecule has 2 heterocycles. The van der Waals surface area contributed by atoms with Gasteiger partial charge in [0.2, 0.25) is 5.91 Å². The summed E-state index contributed by atoms with van der Waals surface area (Å²) < 4.78 is 0.998. The maximum atomic E-state index is 11.4. The van der Waals surface area contributed by atoms with Gasteiger partial charge in [-0.15, -0.1) is 0 Å². The van der Waals surface area contributed by atoms with E-state index in [2.05, 4.69) is 25.8 Å². The largest absolute Gasteiger partial charge is 0.369 e. The zero-order valence-electron chi connectivity index (χ0n) is 10.0. The molecule has 0 saturated carbocycles. The lowest BCUT2D eigenvalue weighted by atomic mass is 9.89. The Kier molecular flexibility index (Phi) is 3.12. The fourth-order valence-corrected chi connectivity index (χ4v) is 2.27. The molecular formula is C12H16BrN3O. The van der Waals surface area contributed by atoms with E-state index in [0.717, 1.165) is 28.8 Å². The van der Waals surface area contributed by atoms with Crippen LogP contribution in [0.3, 0.4) is 0 Å². The number of aryl methyl sites for hydroxylation is 1. The molecule has 2 N–H and O–H groups in total. The first kappa shape index (κ1) is 12.4. The van der Waals surface area contributed by atoms with Gasteiger partial charge in [-0.1, -0.05) is 0 Å². The Balaban J connectivity index is 2.21. The molecule has 1 aliphatic heterocycles. The third-order valence-electron chi connectivity index (χ3n) is 3.42. The zero-order valence-corrected chi connectivity index (χ0v) is 11.6. The molecule has 0 bridgehead atoms. The van der Waals surface area contributed by atoms with Gasteiger partial charge in [0, 0.05) is 23.8 Å². The number of carbonyl (C=O) groups excluding carboxylic acids is 1. The quantitative estimate of drug-likeness (QED) is 0.906. The Bertz CT molecular complexity index is 463. The topological polar surface area (TPSA) is 59.2 Å². The van der Waals surface area contributed by atoms with E-state index in [4.69, 9.17) is 5.73 Å². The number of nitrogens with zero attached hydrogens (tertiary/aromatic N) is 2. The van der Waals surface area contributed by atoms with Crippen molar-refractivity contribution in [3.63, 3.8) is 0 Å². The van der Waals surface area contributed by atoms with Crippen LogP contribution in [0.5, 0.6) is 0 Å². The molecule has 17 heavy (non-hydrogen) atoms. The lowest BCUT2D eigenvalue weighted by Crippen LogP contribution is -2.37. The van der Waals surface area contributed by atoms with Crippen molar-refractivity contribution >= 4 is 27.7 Å². The summed E-state index contributed by atoms with van der Waals surface area (Å²) in [7, 11) is 0. The van der Waals surface area contributed by atoms with Crippen molar-refractivity contribution < 1.29 is 4.79 Å². The van der Waals surface area contributed by atoms with Crippen LogP contribution in [0.4, 0.5) is 5.82 Å². The first-order valence-electron chi connectivity index (χ1n) is 5.59. The zero-order chi connectivity index (χ0) is 12.6. The first-order valence-corrected chi connectivity index (χ1v) is 6.39. The standard InChI is InChI=1S/C12H16BrN3O/c1-8-5-10(15-6-9(8)13)16-4-3-12(2,7-16)11(14)17/h5-6H,3-4,7H2,1-2H3,(H2,14,17). The molecule has 1 saturated heterocycles. The predicted octanol–water partition coefficient (Wildman–Crippen LogP) is 1.85. The predicted molar refractivity (Wildman–Crippen MR) is 70.8 cm³/mol. The van der Waals surface area contributed by atoms with Gasteiger partial charge in [-0.25, -0.2) is 4.98 Å². The van der Waals surface area contributed by atoms with E-state index in [0.29, 0.717) is 6.54 Å². The molecule has 1 unspecified atom stereocenters. The molecule has 2 rings (SSSR count). The number of anilines is 1. The molecule has 1 aromatic heterocycles. The Morgan fingerprint density at radius 2 is 2.35 bits per heavy atom. The average molecular weight is 298 g/mol. The van der Waals surface area contributed by atoms with Crippen LogP contribution in [0.2, 0.25) is 0 Å². The summed E-state index contributed by atoms with van der Waals surface area (Å²) in [5, 5.41) is 0. The average Bonchev–Trinajstić information content (AvgIpc) is 2.67. The summed E-state index contributed by atoms with van der Waals surface area (Å²) in [4.78, 5) is 17.9. The van der Waals surface area contributed by atoms with Gasteiger partial charge >= 0.3 is 0 Å². The fraction of sp³-hybridized carbons (Fsp3) is 0.500. The maximum Gasteiger partial charge on any atom is 0.225 e. The molecule has 0 aliphatic carbocycles. The van der Waals surface area contributed by atoms with Crippen molar-refractivity contribution in [2.45, 2.75) is 20.3 Å². The minimum absolute atomic E-state index is 0.228. The second-order valence-electron chi connectivity index (χ2n) is 4.89. The Hall–Kier alpha value is -1.10. The molecule has 1 atom stereocenters. The molecule has 4 nitrogen and oxygen atoms in total. The number of aromatic nitrogens is 1. The van der Waals surface area contributed by atoms with Crippen molar-refractivity contribution in [2.24, 2.45) is 11.1 Å². The smallest absolute Gasteiger partial charge is 0.225 e. The highest BCUT2D eigenvalue weighted by Gasteiger charge is 2.39. The lowest BCUT2D eigenvalue weighted by molar-refractivity contribution is -0.125. The van der Waals surface area contributed by atoms with Crippen LogP contribution in [0, 0.1) is 12.3 Å². The van der Waals surface area contributed by atoms with Crippen molar-refractivity contribution in [3.05, 3.63) is 22.3 Å². The summed E-state index contributed by atoms with van der Waals surface area (Å²) in [6, 6.07) is 2.02. The van der Waals surface area contributed by atoms with Crippen LogP contribution in [0.25, 0.3) is 0 Å². The number of pyridine rings is 1. The van der Waals surface area contributed by atoms with Crippen molar-refractivity contribution in [1.29, 1.82) is 0 Å². The van der Waals surface area contributed by atoms with E-state index in [1.54, 1.807) is 6.20 Å². The van der Waals surface area contributed by atoms with E-state index < -0.39 is 5.41 Å². The highest BCUT2D eigenvalue weighted by atomic mass is 79.9. The summed E-state index contributed by atoms with van der Waals surface area (Å²) in [6.45, 7) is 5.42. The molecule has 92 valence electrons. The van der Waals surface area contributed by atoms with Gasteiger partial charge in [0.1, 0.15) is 5.82 Å². The summed E-state index contributed by atoms with van der Waals surface area (Å²) in [6.07, 6.45) is 2.59. The van der Waals surface area contributed by atoms with Crippen molar-refractivity contribution in [2.75, 3.05) is 18.0 Å². The van der Waals surface area contributed by atoms with Crippen LogP contribution in [-0.4, -0.2) is 24.0 Å². The van der Waals surface area contributed by atoms with Gasteiger partial charge < -0.3 is 10.6 Å². The van der Waals surface area contributed by atoms with Crippen LogP contribution < -0.4 is 10.6 Å². The fourth-order valence-electron chi connectivity index (χ4n) is 2.06. The molecule has 1 fully saturated rings.